The number of hydrogen-bond acceptors (Lipinski definition) is 2. The minimum atomic E-state index is 0.103. The molecule has 138 valence electrons. The summed E-state index contributed by atoms with van der Waals surface area (Å²) in [6, 6.07) is 23.1. The highest BCUT2D eigenvalue weighted by atomic mass is 16.1. The first-order valence-electron chi connectivity index (χ1n) is 9.75. The highest BCUT2D eigenvalue weighted by Crippen LogP contribution is 2.23. The average Bonchev–Trinajstić information content (AvgIpc) is 2.70. The smallest absolute Gasteiger partial charge is 0.227 e. The Bertz CT molecular complexity index is 925. The molecule has 3 aromatic carbocycles. The van der Waals surface area contributed by atoms with E-state index in [0.29, 0.717) is 0 Å². The van der Waals surface area contributed by atoms with Crippen molar-refractivity contribution in [3.63, 3.8) is 0 Å². The molecule has 1 amide bonds. The maximum absolute atomic E-state index is 12.7. The van der Waals surface area contributed by atoms with Crippen molar-refractivity contribution in [1.29, 1.82) is 0 Å². The van der Waals surface area contributed by atoms with Crippen LogP contribution < -0.4 is 5.32 Å². The van der Waals surface area contributed by atoms with E-state index >= 15 is 0 Å². The fourth-order valence-electron chi connectivity index (χ4n) is 3.82. The molecule has 0 saturated carbocycles. The van der Waals surface area contributed by atoms with Gasteiger partial charge in [-0.3, -0.25) is 9.69 Å². The lowest BCUT2D eigenvalue weighted by molar-refractivity contribution is -0.121. The molecule has 0 spiro atoms. The van der Waals surface area contributed by atoms with E-state index in [9.17, 15) is 4.79 Å². The Kier molecular flexibility index (Phi) is 5.21. The molecule has 3 nitrogen and oxygen atoms in total. The minimum absolute atomic E-state index is 0.103. The van der Waals surface area contributed by atoms with Crippen LogP contribution in [0.1, 0.15) is 24.0 Å². The molecule has 0 bridgehead atoms. The van der Waals surface area contributed by atoms with E-state index in [4.69, 9.17) is 0 Å². The van der Waals surface area contributed by atoms with Gasteiger partial charge in [-0.15, -0.1) is 0 Å². The summed E-state index contributed by atoms with van der Waals surface area (Å²) in [5, 5.41) is 5.47. The Morgan fingerprint density at radius 1 is 0.963 bits per heavy atom. The van der Waals surface area contributed by atoms with Gasteiger partial charge in [-0.05, 0) is 61.3 Å². The number of nitrogens with one attached hydrogen (secondary N) is 1. The third-order valence-electron chi connectivity index (χ3n) is 5.50. The van der Waals surface area contributed by atoms with Crippen molar-refractivity contribution in [3.8, 4) is 0 Å². The third kappa shape index (κ3) is 4.37. The van der Waals surface area contributed by atoms with E-state index in [-0.39, 0.29) is 11.8 Å². The van der Waals surface area contributed by atoms with E-state index in [1.165, 1.54) is 16.5 Å². The van der Waals surface area contributed by atoms with Crippen molar-refractivity contribution in [3.05, 3.63) is 77.9 Å². The molecule has 0 unspecified atom stereocenters. The standard InChI is InChI=1S/C24H26N2O/c1-18-6-8-19(9-7-18)17-26-14-12-21(13-15-26)24(27)25-23-11-10-20-4-2-3-5-22(20)16-23/h2-11,16,21H,12-15,17H2,1H3,(H,25,27). The summed E-state index contributed by atoms with van der Waals surface area (Å²) >= 11 is 0. The number of benzene rings is 3. The summed E-state index contributed by atoms with van der Waals surface area (Å²) in [5.41, 5.74) is 3.53. The summed E-state index contributed by atoms with van der Waals surface area (Å²) in [5.74, 6) is 0.256. The molecular weight excluding hydrogens is 332 g/mol. The highest BCUT2D eigenvalue weighted by Gasteiger charge is 2.25. The molecule has 1 saturated heterocycles. The van der Waals surface area contributed by atoms with Gasteiger partial charge < -0.3 is 5.32 Å². The predicted octanol–water partition coefficient (Wildman–Crippen LogP) is 5.00. The number of amides is 1. The Hall–Kier alpha value is -2.65. The van der Waals surface area contributed by atoms with Gasteiger partial charge in [0.05, 0.1) is 0 Å². The first-order chi connectivity index (χ1) is 13.2. The van der Waals surface area contributed by atoms with Crippen LogP contribution in [0.4, 0.5) is 5.69 Å². The lowest BCUT2D eigenvalue weighted by atomic mass is 9.95. The van der Waals surface area contributed by atoms with Crippen LogP contribution in [-0.2, 0) is 11.3 Å². The molecule has 0 atom stereocenters. The van der Waals surface area contributed by atoms with Crippen LogP contribution >= 0.6 is 0 Å². The number of carbonyl (C=O) groups is 1. The van der Waals surface area contributed by atoms with Crippen molar-refractivity contribution < 1.29 is 4.79 Å². The SMILES string of the molecule is Cc1ccc(CN2CCC(C(=O)Nc3ccc4ccccc4c3)CC2)cc1. The zero-order chi connectivity index (χ0) is 18.6. The second-order valence-electron chi connectivity index (χ2n) is 7.59. The van der Waals surface area contributed by atoms with E-state index < -0.39 is 0 Å². The molecule has 4 rings (SSSR count). The maximum atomic E-state index is 12.7. The molecule has 3 heteroatoms. The Morgan fingerprint density at radius 2 is 1.67 bits per heavy atom. The number of hydrogen-bond donors (Lipinski definition) is 1. The number of rotatable bonds is 4. The van der Waals surface area contributed by atoms with Gasteiger partial charge in [-0.25, -0.2) is 0 Å². The highest BCUT2D eigenvalue weighted by molar-refractivity contribution is 5.95. The number of aryl methyl sites for hydroxylation is 1. The number of fused-ring (bicyclic) bond motifs is 1. The average molecular weight is 358 g/mol. The molecule has 1 aliphatic heterocycles. The quantitative estimate of drug-likeness (QED) is 0.712. The lowest BCUT2D eigenvalue weighted by Gasteiger charge is -2.31. The third-order valence-corrected chi connectivity index (χ3v) is 5.50. The Morgan fingerprint density at radius 3 is 2.41 bits per heavy atom. The predicted molar refractivity (Wildman–Crippen MR) is 112 cm³/mol. The second kappa shape index (κ2) is 7.93. The number of anilines is 1. The van der Waals surface area contributed by atoms with E-state index in [0.717, 1.165) is 43.5 Å². The normalized spacial score (nSPS) is 15.7. The van der Waals surface area contributed by atoms with Crippen molar-refractivity contribution in [1.82, 2.24) is 4.90 Å². The Labute approximate surface area is 161 Å². The van der Waals surface area contributed by atoms with Gasteiger partial charge in [0.2, 0.25) is 5.91 Å². The maximum Gasteiger partial charge on any atom is 0.227 e. The van der Waals surface area contributed by atoms with Gasteiger partial charge >= 0.3 is 0 Å². The van der Waals surface area contributed by atoms with Crippen LogP contribution in [0.5, 0.6) is 0 Å². The zero-order valence-corrected chi connectivity index (χ0v) is 15.8. The second-order valence-corrected chi connectivity index (χ2v) is 7.59. The number of likely N-dealkylation sites (tertiary alicyclic amines) is 1. The summed E-state index contributed by atoms with van der Waals surface area (Å²) < 4.78 is 0. The summed E-state index contributed by atoms with van der Waals surface area (Å²) in [4.78, 5) is 15.1. The first kappa shape index (κ1) is 17.7. The Balaban J connectivity index is 1.32. The van der Waals surface area contributed by atoms with Crippen molar-refractivity contribution >= 4 is 22.4 Å². The zero-order valence-electron chi connectivity index (χ0n) is 15.8. The molecule has 27 heavy (non-hydrogen) atoms. The van der Waals surface area contributed by atoms with E-state index in [1.807, 2.05) is 18.2 Å². The van der Waals surface area contributed by atoms with Crippen LogP contribution in [-0.4, -0.2) is 23.9 Å². The fourth-order valence-corrected chi connectivity index (χ4v) is 3.82. The minimum Gasteiger partial charge on any atom is -0.326 e. The molecule has 1 heterocycles. The molecule has 0 radical (unpaired) electrons. The molecule has 0 aliphatic carbocycles. The van der Waals surface area contributed by atoms with Gasteiger partial charge in [0, 0.05) is 18.2 Å². The number of piperidine rings is 1. The lowest BCUT2D eigenvalue weighted by Crippen LogP contribution is -2.37. The van der Waals surface area contributed by atoms with E-state index in [1.54, 1.807) is 0 Å². The number of carbonyl (C=O) groups excluding carboxylic acids is 1. The molecule has 1 fully saturated rings. The topological polar surface area (TPSA) is 32.3 Å². The van der Waals surface area contributed by atoms with Gasteiger partial charge in [-0.2, -0.15) is 0 Å². The van der Waals surface area contributed by atoms with Crippen LogP contribution in [0.25, 0.3) is 10.8 Å². The van der Waals surface area contributed by atoms with Gasteiger partial charge in [0.25, 0.3) is 0 Å². The van der Waals surface area contributed by atoms with Gasteiger partial charge in [0.15, 0.2) is 0 Å². The van der Waals surface area contributed by atoms with Crippen LogP contribution in [0.15, 0.2) is 66.7 Å². The van der Waals surface area contributed by atoms with Crippen LogP contribution in [0, 0.1) is 12.8 Å². The first-order valence-corrected chi connectivity index (χ1v) is 9.75. The van der Waals surface area contributed by atoms with Crippen molar-refractivity contribution in [2.24, 2.45) is 5.92 Å². The van der Waals surface area contributed by atoms with E-state index in [2.05, 4.69) is 65.7 Å². The number of nitrogens with zero attached hydrogens (tertiary/aromatic N) is 1. The summed E-state index contributed by atoms with van der Waals surface area (Å²) in [6.45, 7) is 5.04. The largest absolute Gasteiger partial charge is 0.326 e. The fraction of sp³-hybridized carbons (Fsp3) is 0.292. The molecule has 0 aromatic heterocycles. The van der Waals surface area contributed by atoms with Crippen LogP contribution in [0.2, 0.25) is 0 Å². The van der Waals surface area contributed by atoms with Crippen molar-refractivity contribution in [2.45, 2.75) is 26.3 Å². The van der Waals surface area contributed by atoms with Gasteiger partial charge in [0.1, 0.15) is 0 Å². The molecule has 1 aliphatic rings. The summed E-state index contributed by atoms with van der Waals surface area (Å²) in [6.07, 6.45) is 1.84. The molecule has 1 N–H and O–H groups in total. The monoisotopic (exact) mass is 358 g/mol. The molecule has 3 aromatic rings. The van der Waals surface area contributed by atoms with Crippen molar-refractivity contribution in [2.75, 3.05) is 18.4 Å². The van der Waals surface area contributed by atoms with Crippen LogP contribution in [0.3, 0.4) is 0 Å². The molecular formula is C24H26N2O. The van der Waals surface area contributed by atoms with Gasteiger partial charge in [-0.1, -0.05) is 60.2 Å². The summed E-state index contributed by atoms with van der Waals surface area (Å²) in [7, 11) is 0.